The van der Waals surface area contributed by atoms with E-state index in [0.29, 0.717) is 0 Å². The third-order valence-electron chi connectivity index (χ3n) is 3.87. The third kappa shape index (κ3) is 3.41. The van der Waals surface area contributed by atoms with E-state index in [-0.39, 0.29) is 11.8 Å². The molecule has 0 radical (unpaired) electrons. The van der Waals surface area contributed by atoms with Gasteiger partial charge in [0.1, 0.15) is 5.82 Å². The van der Waals surface area contributed by atoms with Gasteiger partial charge in [0.25, 0.3) is 0 Å². The molecule has 0 saturated heterocycles. The van der Waals surface area contributed by atoms with Gasteiger partial charge in [0, 0.05) is 40.5 Å². The molecule has 2 heterocycles. The highest BCUT2D eigenvalue weighted by Gasteiger charge is 2.25. The highest BCUT2D eigenvalue weighted by molar-refractivity contribution is 7.99. The Morgan fingerprint density at radius 3 is 2.62 bits per heavy atom. The van der Waals surface area contributed by atoms with Crippen LogP contribution in [0.1, 0.15) is 31.2 Å². The zero-order valence-corrected chi connectivity index (χ0v) is 14.5. The van der Waals surface area contributed by atoms with Gasteiger partial charge in [-0.05, 0) is 29.7 Å². The van der Waals surface area contributed by atoms with Crippen LogP contribution in [0.5, 0.6) is 0 Å². The average molecular weight is 337 g/mol. The van der Waals surface area contributed by atoms with Crippen LogP contribution in [-0.2, 0) is 4.79 Å². The summed E-state index contributed by atoms with van der Waals surface area (Å²) in [7, 11) is 0. The number of pyridine rings is 1. The van der Waals surface area contributed by atoms with Crippen molar-refractivity contribution in [3.63, 3.8) is 0 Å². The molecule has 3 rings (SSSR count). The van der Waals surface area contributed by atoms with Crippen LogP contribution in [-0.4, -0.2) is 20.9 Å². The maximum atomic E-state index is 11.3. The fraction of sp³-hybridized carbons (Fsp3) is 0.211. The SMILES string of the molecule is CC(C)C(c1cnccc1Sc1ccccc1)c1nccn1C=O. The summed E-state index contributed by atoms with van der Waals surface area (Å²) in [6.07, 6.45) is 7.85. The summed E-state index contributed by atoms with van der Waals surface area (Å²) in [5.74, 6) is 1.04. The van der Waals surface area contributed by atoms with Gasteiger partial charge in [-0.2, -0.15) is 0 Å². The second-order valence-electron chi connectivity index (χ2n) is 5.85. The Labute approximate surface area is 146 Å². The van der Waals surface area contributed by atoms with Crippen LogP contribution in [0.15, 0.2) is 71.0 Å². The molecule has 0 amide bonds. The average Bonchev–Trinajstić information content (AvgIpc) is 3.05. The number of aromatic nitrogens is 3. The molecule has 4 nitrogen and oxygen atoms in total. The first-order chi connectivity index (χ1) is 11.7. The van der Waals surface area contributed by atoms with E-state index in [1.807, 2.05) is 30.5 Å². The molecule has 5 heteroatoms. The Bertz CT molecular complexity index is 814. The first kappa shape index (κ1) is 16.5. The Balaban J connectivity index is 2.04. The van der Waals surface area contributed by atoms with Gasteiger partial charge in [0.15, 0.2) is 0 Å². The molecule has 0 spiro atoms. The number of benzene rings is 1. The van der Waals surface area contributed by atoms with Crippen LogP contribution in [0.4, 0.5) is 0 Å². The first-order valence-corrected chi connectivity index (χ1v) is 8.67. The highest BCUT2D eigenvalue weighted by Crippen LogP contribution is 2.38. The lowest BCUT2D eigenvalue weighted by Crippen LogP contribution is -2.16. The predicted octanol–water partition coefficient (Wildman–Crippen LogP) is 4.26. The van der Waals surface area contributed by atoms with Crippen molar-refractivity contribution in [3.05, 3.63) is 72.6 Å². The standard InChI is InChI=1S/C19H19N3OS/c1-14(2)18(19-21-10-11-22(19)13-23)16-12-20-9-8-17(16)24-15-6-4-3-5-7-15/h3-14,18H,1-2H3. The van der Waals surface area contributed by atoms with E-state index >= 15 is 0 Å². The summed E-state index contributed by atoms with van der Waals surface area (Å²) in [5.41, 5.74) is 1.09. The van der Waals surface area contributed by atoms with Crippen LogP contribution in [0.3, 0.4) is 0 Å². The van der Waals surface area contributed by atoms with Gasteiger partial charge in [-0.3, -0.25) is 14.3 Å². The minimum atomic E-state index is 0.00473. The first-order valence-electron chi connectivity index (χ1n) is 7.85. The van der Waals surface area contributed by atoms with Crippen LogP contribution < -0.4 is 0 Å². The van der Waals surface area contributed by atoms with Crippen LogP contribution in [0.2, 0.25) is 0 Å². The van der Waals surface area contributed by atoms with Gasteiger partial charge < -0.3 is 0 Å². The third-order valence-corrected chi connectivity index (χ3v) is 4.97. The second-order valence-corrected chi connectivity index (χ2v) is 6.96. The van der Waals surface area contributed by atoms with E-state index in [1.165, 1.54) is 4.90 Å². The summed E-state index contributed by atoms with van der Waals surface area (Å²) in [6, 6.07) is 12.3. The topological polar surface area (TPSA) is 47.8 Å². The largest absolute Gasteiger partial charge is 0.278 e. The van der Waals surface area contributed by atoms with E-state index in [1.54, 1.807) is 34.9 Å². The number of hydrogen-bond acceptors (Lipinski definition) is 4. The number of hydrogen-bond donors (Lipinski definition) is 0. The van der Waals surface area contributed by atoms with Crippen molar-refractivity contribution in [2.24, 2.45) is 5.92 Å². The maximum absolute atomic E-state index is 11.3. The second kappa shape index (κ2) is 7.45. The van der Waals surface area contributed by atoms with Gasteiger partial charge in [0.2, 0.25) is 6.41 Å². The summed E-state index contributed by atoms with van der Waals surface area (Å²) in [4.78, 5) is 22.4. The van der Waals surface area contributed by atoms with E-state index in [2.05, 4.69) is 35.9 Å². The molecular weight excluding hydrogens is 318 g/mol. The fourth-order valence-electron chi connectivity index (χ4n) is 2.79. The van der Waals surface area contributed by atoms with Gasteiger partial charge in [0.05, 0.1) is 0 Å². The molecule has 24 heavy (non-hydrogen) atoms. The number of carbonyl (C=O) groups excluding carboxylic acids is 1. The molecule has 0 saturated carbocycles. The van der Waals surface area contributed by atoms with Crippen molar-refractivity contribution in [3.8, 4) is 0 Å². The van der Waals surface area contributed by atoms with E-state index in [0.717, 1.165) is 22.7 Å². The summed E-state index contributed by atoms with van der Waals surface area (Å²) < 4.78 is 1.55. The van der Waals surface area contributed by atoms with Crippen molar-refractivity contribution in [2.75, 3.05) is 0 Å². The monoisotopic (exact) mass is 337 g/mol. The van der Waals surface area contributed by atoms with Crippen molar-refractivity contribution >= 4 is 18.2 Å². The minimum absolute atomic E-state index is 0.00473. The maximum Gasteiger partial charge on any atom is 0.219 e. The molecule has 1 aromatic carbocycles. The normalized spacial score (nSPS) is 12.3. The molecule has 1 unspecified atom stereocenters. The van der Waals surface area contributed by atoms with Gasteiger partial charge >= 0.3 is 0 Å². The fourth-order valence-corrected chi connectivity index (χ4v) is 3.76. The molecule has 3 aromatic rings. The molecule has 0 aliphatic carbocycles. The molecule has 0 N–H and O–H groups in total. The quantitative estimate of drug-likeness (QED) is 0.631. The zero-order valence-electron chi connectivity index (χ0n) is 13.7. The lowest BCUT2D eigenvalue weighted by molar-refractivity contribution is 0.512. The molecule has 1 atom stereocenters. The Morgan fingerprint density at radius 2 is 1.92 bits per heavy atom. The Kier molecular flexibility index (Phi) is 5.11. The van der Waals surface area contributed by atoms with Crippen molar-refractivity contribution in [1.29, 1.82) is 0 Å². The van der Waals surface area contributed by atoms with Crippen molar-refractivity contribution in [1.82, 2.24) is 14.5 Å². The van der Waals surface area contributed by atoms with Gasteiger partial charge in [-0.25, -0.2) is 4.98 Å². The van der Waals surface area contributed by atoms with Crippen LogP contribution >= 0.6 is 11.8 Å². The number of imidazole rings is 1. The molecule has 2 aromatic heterocycles. The molecular formula is C19H19N3OS. The van der Waals surface area contributed by atoms with E-state index < -0.39 is 0 Å². The van der Waals surface area contributed by atoms with Crippen LogP contribution in [0.25, 0.3) is 0 Å². The van der Waals surface area contributed by atoms with E-state index in [9.17, 15) is 4.79 Å². The Morgan fingerprint density at radius 1 is 1.12 bits per heavy atom. The van der Waals surface area contributed by atoms with Crippen molar-refractivity contribution < 1.29 is 4.79 Å². The van der Waals surface area contributed by atoms with Gasteiger partial charge in [-0.1, -0.05) is 43.8 Å². The number of rotatable bonds is 6. The van der Waals surface area contributed by atoms with Crippen LogP contribution in [0, 0.1) is 5.92 Å². The Hall–Kier alpha value is -2.40. The van der Waals surface area contributed by atoms with Crippen molar-refractivity contribution in [2.45, 2.75) is 29.6 Å². The smallest absolute Gasteiger partial charge is 0.219 e. The van der Waals surface area contributed by atoms with E-state index in [4.69, 9.17) is 0 Å². The summed E-state index contributed by atoms with van der Waals surface area (Å²) in [6.45, 7) is 4.27. The number of carbonyl (C=O) groups is 1. The number of nitrogens with zero attached hydrogens (tertiary/aromatic N) is 3. The molecule has 0 bridgehead atoms. The predicted molar refractivity (Wildman–Crippen MR) is 95.9 cm³/mol. The molecule has 0 aliphatic heterocycles. The lowest BCUT2D eigenvalue weighted by atomic mass is 9.88. The minimum Gasteiger partial charge on any atom is -0.278 e. The summed E-state index contributed by atoms with van der Waals surface area (Å²) in [5, 5.41) is 0. The molecule has 0 fully saturated rings. The molecule has 122 valence electrons. The molecule has 0 aliphatic rings. The summed E-state index contributed by atoms with van der Waals surface area (Å²) >= 11 is 1.71. The zero-order chi connectivity index (χ0) is 16.9. The lowest BCUT2D eigenvalue weighted by Gasteiger charge is -2.22. The van der Waals surface area contributed by atoms with Gasteiger partial charge in [-0.15, -0.1) is 0 Å². The highest BCUT2D eigenvalue weighted by atomic mass is 32.2.